The molecule has 0 radical (unpaired) electrons. The molecule has 0 saturated heterocycles. The molecule has 0 aliphatic carbocycles. The van der Waals surface area contributed by atoms with Crippen LogP contribution in [0.2, 0.25) is 0 Å². The van der Waals surface area contributed by atoms with Crippen LogP contribution in [-0.2, 0) is 13.1 Å². The smallest absolute Gasteiger partial charge is 0.0762 e. The van der Waals surface area contributed by atoms with Crippen LogP contribution in [0.3, 0.4) is 0 Å². The Hall–Kier alpha value is -0.830. The van der Waals surface area contributed by atoms with Crippen molar-refractivity contribution in [3.05, 3.63) is 18.0 Å². The maximum absolute atomic E-state index is 4.45. The van der Waals surface area contributed by atoms with Crippen LogP contribution < -0.4 is 5.32 Å². The average Bonchev–Trinajstić information content (AvgIpc) is 2.53. The van der Waals surface area contributed by atoms with Gasteiger partial charge in [0.1, 0.15) is 0 Å². The van der Waals surface area contributed by atoms with Gasteiger partial charge in [0.05, 0.1) is 5.69 Å². The summed E-state index contributed by atoms with van der Waals surface area (Å²) in [5.41, 5.74) is 1.14. The van der Waals surface area contributed by atoms with Crippen LogP contribution in [-0.4, -0.2) is 16.3 Å². The third kappa shape index (κ3) is 3.92. The van der Waals surface area contributed by atoms with Gasteiger partial charge in [-0.1, -0.05) is 20.8 Å². The van der Waals surface area contributed by atoms with Crippen molar-refractivity contribution in [3.8, 4) is 0 Å². The minimum absolute atomic E-state index is 0.702. The van der Waals surface area contributed by atoms with Crippen LogP contribution >= 0.6 is 0 Å². The van der Waals surface area contributed by atoms with E-state index in [-0.39, 0.29) is 0 Å². The van der Waals surface area contributed by atoms with Crippen LogP contribution in [0.4, 0.5) is 0 Å². The van der Waals surface area contributed by atoms with Crippen LogP contribution in [0.5, 0.6) is 0 Å². The van der Waals surface area contributed by atoms with Gasteiger partial charge in [0.25, 0.3) is 0 Å². The molecule has 1 aromatic rings. The molecule has 14 heavy (non-hydrogen) atoms. The molecule has 0 atom stereocenters. The summed E-state index contributed by atoms with van der Waals surface area (Å²) in [6.07, 6.45) is 3.19. The summed E-state index contributed by atoms with van der Waals surface area (Å²) in [5, 5.41) is 7.83. The van der Waals surface area contributed by atoms with Gasteiger partial charge >= 0.3 is 0 Å². The summed E-state index contributed by atoms with van der Waals surface area (Å²) < 4.78 is 2.01. The lowest BCUT2D eigenvalue weighted by Crippen LogP contribution is -2.19. The minimum Gasteiger partial charge on any atom is -0.311 e. The van der Waals surface area contributed by atoms with Crippen molar-refractivity contribution in [1.82, 2.24) is 15.1 Å². The molecule has 3 heteroatoms. The van der Waals surface area contributed by atoms with E-state index in [2.05, 4.69) is 43.4 Å². The van der Waals surface area contributed by atoms with Gasteiger partial charge < -0.3 is 5.32 Å². The second kappa shape index (κ2) is 5.81. The van der Waals surface area contributed by atoms with Gasteiger partial charge in [0.15, 0.2) is 0 Å². The van der Waals surface area contributed by atoms with E-state index in [0.717, 1.165) is 31.7 Å². The highest BCUT2D eigenvalue weighted by Crippen LogP contribution is 1.97. The van der Waals surface area contributed by atoms with Crippen molar-refractivity contribution in [1.29, 1.82) is 0 Å². The molecule has 0 spiro atoms. The molecule has 0 fully saturated rings. The van der Waals surface area contributed by atoms with E-state index >= 15 is 0 Å². The molecule has 1 heterocycles. The molecule has 0 aliphatic rings. The fourth-order valence-electron chi connectivity index (χ4n) is 1.34. The molecule has 0 unspecified atom stereocenters. The van der Waals surface area contributed by atoms with Crippen LogP contribution in [0, 0.1) is 5.92 Å². The molecule has 0 saturated carbocycles. The van der Waals surface area contributed by atoms with Gasteiger partial charge in [-0.15, -0.1) is 0 Å². The normalized spacial score (nSPS) is 11.1. The standard InChI is InChI=1S/C11H21N3/c1-4-6-14-7-5-11(13-14)9-12-8-10(2)3/h5,7,10,12H,4,6,8-9H2,1-3H3. The highest BCUT2D eigenvalue weighted by molar-refractivity contribution is 4.98. The number of hydrogen-bond acceptors (Lipinski definition) is 2. The molecular weight excluding hydrogens is 174 g/mol. The Kier molecular flexibility index (Phi) is 4.66. The van der Waals surface area contributed by atoms with E-state index in [1.807, 2.05) is 4.68 Å². The van der Waals surface area contributed by atoms with E-state index in [1.54, 1.807) is 0 Å². The Balaban J connectivity index is 2.28. The summed E-state index contributed by atoms with van der Waals surface area (Å²) in [6, 6.07) is 2.09. The molecule has 80 valence electrons. The van der Waals surface area contributed by atoms with Crippen molar-refractivity contribution in [3.63, 3.8) is 0 Å². The average molecular weight is 195 g/mol. The molecule has 0 bridgehead atoms. The van der Waals surface area contributed by atoms with Gasteiger partial charge in [-0.2, -0.15) is 5.10 Å². The third-order valence-electron chi connectivity index (χ3n) is 2.01. The Morgan fingerprint density at radius 1 is 1.50 bits per heavy atom. The molecule has 1 rings (SSSR count). The summed E-state index contributed by atoms with van der Waals surface area (Å²) in [4.78, 5) is 0. The summed E-state index contributed by atoms with van der Waals surface area (Å²) >= 11 is 0. The number of aryl methyl sites for hydroxylation is 1. The van der Waals surface area contributed by atoms with Crippen LogP contribution in [0.25, 0.3) is 0 Å². The highest BCUT2D eigenvalue weighted by Gasteiger charge is 1.98. The lowest BCUT2D eigenvalue weighted by molar-refractivity contribution is 0.537. The van der Waals surface area contributed by atoms with E-state index in [0.29, 0.717) is 5.92 Å². The van der Waals surface area contributed by atoms with Gasteiger partial charge in [-0.25, -0.2) is 0 Å². The quantitative estimate of drug-likeness (QED) is 0.752. The van der Waals surface area contributed by atoms with Crippen molar-refractivity contribution in [2.45, 2.75) is 40.3 Å². The van der Waals surface area contributed by atoms with E-state index < -0.39 is 0 Å². The number of rotatable bonds is 6. The molecule has 0 amide bonds. The zero-order chi connectivity index (χ0) is 10.4. The van der Waals surface area contributed by atoms with E-state index in [9.17, 15) is 0 Å². The molecule has 0 aromatic carbocycles. The fourth-order valence-corrected chi connectivity index (χ4v) is 1.34. The molecule has 3 nitrogen and oxygen atoms in total. The second-order valence-electron chi connectivity index (χ2n) is 4.09. The fraction of sp³-hybridized carbons (Fsp3) is 0.727. The maximum atomic E-state index is 4.45. The zero-order valence-electron chi connectivity index (χ0n) is 9.45. The Bertz CT molecular complexity index is 253. The van der Waals surface area contributed by atoms with Gasteiger partial charge in [-0.3, -0.25) is 4.68 Å². The molecule has 1 aromatic heterocycles. The minimum atomic E-state index is 0.702. The maximum Gasteiger partial charge on any atom is 0.0762 e. The lowest BCUT2D eigenvalue weighted by Gasteiger charge is -2.04. The monoisotopic (exact) mass is 195 g/mol. The first kappa shape index (κ1) is 11.2. The highest BCUT2D eigenvalue weighted by atomic mass is 15.3. The first-order chi connectivity index (χ1) is 6.72. The second-order valence-corrected chi connectivity index (χ2v) is 4.09. The van der Waals surface area contributed by atoms with Crippen molar-refractivity contribution in [2.24, 2.45) is 5.92 Å². The molecular formula is C11H21N3. The van der Waals surface area contributed by atoms with Gasteiger partial charge in [-0.05, 0) is 24.9 Å². The number of nitrogens with one attached hydrogen (secondary N) is 1. The number of nitrogens with zero attached hydrogens (tertiary/aromatic N) is 2. The Morgan fingerprint density at radius 3 is 2.93 bits per heavy atom. The molecule has 0 aliphatic heterocycles. The van der Waals surface area contributed by atoms with Crippen molar-refractivity contribution in [2.75, 3.05) is 6.54 Å². The largest absolute Gasteiger partial charge is 0.311 e. The van der Waals surface area contributed by atoms with Gasteiger partial charge in [0, 0.05) is 19.3 Å². The number of aromatic nitrogens is 2. The van der Waals surface area contributed by atoms with Crippen LogP contribution in [0.1, 0.15) is 32.9 Å². The molecule has 1 N–H and O–H groups in total. The summed E-state index contributed by atoms with van der Waals surface area (Å²) in [6.45, 7) is 9.55. The third-order valence-corrected chi connectivity index (χ3v) is 2.01. The predicted molar refractivity (Wildman–Crippen MR) is 59.1 cm³/mol. The first-order valence-electron chi connectivity index (χ1n) is 5.45. The topological polar surface area (TPSA) is 29.9 Å². The predicted octanol–water partition coefficient (Wildman–Crippen LogP) is 2.04. The lowest BCUT2D eigenvalue weighted by atomic mass is 10.2. The number of hydrogen-bond donors (Lipinski definition) is 1. The summed E-state index contributed by atoms with van der Waals surface area (Å²) in [5.74, 6) is 0.702. The van der Waals surface area contributed by atoms with Crippen LogP contribution in [0.15, 0.2) is 12.3 Å². The Morgan fingerprint density at radius 2 is 2.29 bits per heavy atom. The van der Waals surface area contributed by atoms with Gasteiger partial charge in [0.2, 0.25) is 0 Å². The van der Waals surface area contributed by atoms with Crippen molar-refractivity contribution < 1.29 is 0 Å². The van der Waals surface area contributed by atoms with Crippen molar-refractivity contribution >= 4 is 0 Å². The first-order valence-corrected chi connectivity index (χ1v) is 5.45. The Labute approximate surface area is 86.5 Å². The zero-order valence-corrected chi connectivity index (χ0v) is 9.45. The SMILES string of the molecule is CCCn1ccc(CNCC(C)C)n1. The van der Waals surface area contributed by atoms with E-state index in [4.69, 9.17) is 0 Å². The summed E-state index contributed by atoms with van der Waals surface area (Å²) in [7, 11) is 0. The van der Waals surface area contributed by atoms with E-state index in [1.165, 1.54) is 0 Å².